The van der Waals surface area contributed by atoms with Crippen LogP contribution in [0.2, 0.25) is 5.15 Å². The first-order chi connectivity index (χ1) is 10.1. The molecule has 0 saturated heterocycles. The van der Waals surface area contributed by atoms with E-state index in [-0.39, 0.29) is 6.61 Å². The Bertz CT molecular complexity index is 653. The third kappa shape index (κ3) is 3.19. The Morgan fingerprint density at radius 1 is 1.38 bits per heavy atom. The van der Waals surface area contributed by atoms with Crippen molar-refractivity contribution in [2.75, 3.05) is 6.61 Å². The van der Waals surface area contributed by atoms with E-state index >= 15 is 0 Å². The summed E-state index contributed by atoms with van der Waals surface area (Å²) < 4.78 is 12.9. The molecule has 0 aliphatic rings. The van der Waals surface area contributed by atoms with E-state index in [0.717, 1.165) is 17.5 Å². The number of aryl methyl sites for hydroxylation is 2. The number of aromatic nitrogens is 2. The second-order valence-electron chi connectivity index (χ2n) is 4.49. The number of para-hydroxylation sites is 1. The maximum Gasteiger partial charge on any atom is 0.172 e. The Morgan fingerprint density at radius 3 is 2.71 bits per heavy atom. The highest BCUT2D eigenvalue weighted by molar-refractivity contribution is 6.30. The number of nitrogens with zero attached hydrogens (tertiary/aromatic N) is 2. The predicted molar refractivity (Wildman–Crippen MR) is 80.3 cm³/mol. The molecule has 5 nitrogen and oxygen atoms in total. The van der Waals surface area contributed by atoms with Gasteiger partial charge in [0.1, 0.15) is 11.8 Å². The topological polar surface area (TPSA) is 53.4 Å². The summed E-state index contributed by atoms with van der Waals surface area (Å²) in [5.74, 6) is 0.966. The fourth-order valence-corrected chi connectivity index (χ4v) is 2.26. The van der Waals surface area contributed by atoms with Crippen LogP contribution in [0.25, 0.3) is 0 Å². The number of halogens is 1. The fourth-order valence-electron chi connectivity index (χ4n) is 2.03. The van der Waals surface area contributed by atoms with E-state index in [2.05, 4.69) is 5.10 Å². The summed E-state index contributed by atoms with van der Waals surface area (Å²) in [4.78, 5) is 11.2. The highest BCUT2D eigenvalue weighted by Crippen LogP contribution is 2.32. The van der Waals surface area contributed by atoms with Crippen LogP contribution in [0.3, 0.4) is 0 Å². The number of hydrogen-bond acceptors (Lipinski definition) is 4. The lowest BCUT2D eigenvalue weighted by atomic mass is 10.2. The average Bonchev–Trinajstić information content (AvgIpc) is 2.71. The van der Waals surface area contributed by atoms with Crippen molar-refractivity contribution >= 4 is 17.9 Å². The third-order valence-corrected chi connectivity index (χ3v) is 3.54. The molecule has 1 heterocycles. The first-order valence-corrected chi connectivity index (χ1v) is 6.98. The molecule has 1 aromatic carbocycles. The van der Waals surface area contributed by atoms with Crippen molar-refractivity contribution < 1.29 is 14.3 Å². The lowest BCUT2D eigenvalue weighted by Gasteiger charge is -2.13. The van der Waals surface area contributed by atoms with E-state index in [1.54, 1.807) is 29.9 Å². The number of carbonyl (C=O) groups excluding carboxylic acids is 1. The summed E-state index contributed by atoms with van der Waals surface area (Å²) in [7, 11) is 1.77. The number of benzene rings is 1. The lowest BCUT2D eigenvalue weighted by molar-refractivity contribution is 0.111. The van der Waals surface area contributed by atoms with E-state index in [1.807, 2.05) is 13.8 Å². The molecule has 0 saturated carbocycles. The van der Waals surface area contributed by atoms with Gasteiger partial charge >= 0.3 is 0 Å². The van der Waals surface area contributed by atoms with Gasteiger partial charge in [-0.05, 0) is 26.0 Å². The van der Waals surface area contributed by atoms with Gasteiger partial charge in [-0.25, -0.2) is 0 Å². The minimum atomic E-state index is 0.226. The standard InChI is InChI=1S/C15H17ClN2O3/c1-4-20-13-7-5-6-11(8-19)14(13)21-9-12-10(2)17-18(3)15(12)16/h5-8H,4,9H2,1-3H3. The molecule has 0 radical (unpaired) electrons. The van der Waals surface area contributed by atoms with Crippen LogP contribution in [-0.2, 0) is 13.7 Å². The van der Waals surface area contributed by atoms with Crippen molar-refractivity contribution in [3.8, 4) is 11.5 Å². The highest BCUT2D eigenvalue weighted by Gasteiger charge is 2.15. The van der Waals surface area contributed by atoms with Gasteiger partial charge in [0, 0.05) is 12.6 Å². The molecule has 0 spiro atoms. The van der Waals surface area contributed by atoms with Crippen LogP contribution in [0.1, 0.15) is 28.5 Å². The maximum absolute atomic E-state index is 11.2. The maximum atomic E-state index is 11.2. The Labute approximate surface area is 128 Å². The Kier molecular flexibility index (Phi) is 4.85. The second kappa shape index (κ2) is 6.63. The summed E-state index contributed by atoms with van der Waals surface area (Å²) in [6.07, 6.45) is 0.746. The number of carbonyl (C=O) groups is 1. The first kappa shape index (κ1) is 15.4. The van der Waals surface area contributed by atoms with E-state index in [0.29, 0.717) is 28.8 Å². The van der Waals surface area contributed by atoms with Crippen molar-refractivity contribution in [2.24, 2.45) is 7.05 Å². The normalized spacial score (nSPS) is 10.5. The zero-order valence-electron chi connectivity index (χ0n) is 12.2. The molecule has 112 valence electrons. The third-order valence-electron chi connectivity index (χ3n) is 3.07. The summed E-state index contributed by atoms with van der Waals surface area (Å²) in [5, 5.41) is 4.75. The SMILES string of the molecule is CCOc1cccc(C=O)c1OCc1c(C)nn(C)c1Cl. The van der Waals surface area contributed by atoms with Crippen molar-refractivity contribution in [3.63, 3.8) is 0 Å². The van der Waals surface area contributed by atoms with Crippen LogP contribution in [0.15, 0.2) is 18.2 Å². The van der Waals surface area contributed by atoms with Crippen LogP contribution < -0.4 is 9.47 Å². The van der Waals surface area contributed by atoms with Gasteiger partial charge in [0.15, 0.2) is 17.8 Å². The molecule has 0 aliphatic carbocycles. The minimum absolute atomic E-state index is 0.226. The van der Waals surface area contributed by atoms with Gasteiger partial charge in [0.2, 0.25) is 0 Å². The molecule has 0 aliphatic heterocycles. The van der Waals surface area contributed by atoms with Gasteiger partial charge in [-0.2, -0.15) is 5.10 Å². The molecule has 0 unspecified atom stereocenters. The van der Waals surface area contributed by atoms with Gasteiger partial charge in [0.25, 0.3) is 0 Å². The number of hydrogen-bond donors (Lipinski definition) is 0. The van der Waals surface area contributed by atoms with Gasteiger partial charge < -0.3 is 9.47 Å². The number of aldehydes is 1. The zero-order chi connectivity index (χ0) is 15.4. The van der Waals surface area contributed by atoms with Gasteiger partial charge in [-0.15, -0.1) is 0 Å². The lowest BCUT2D eigenvalue weighted by Crippen LogP contribution is -2.03. The summed E-state index contributed by atoms with van der Waals surface area (Å²) in [6, 6.07) is 5.20. The van der Waals surface area contributed by atoms with Crippen LogP contribution in [-0.4, -0.2) is 22.7 Å². The summed E-state index contributed by atoms with van der Waals surface area (Å²) in [5.41, 5.74) is 2.03. The molecule has 0 bridgehead atoms. The van der Waals surface area contributed by atoms with E-state index in [9.17, 15) is 4.79 Å². The van der Waals surface area contributed by atoms with Gasteiger partial charge in [-0.3, -0.25) is 9.48 Å². The molecule has 6 heteroatoms. The molecule has 0 amide bonds. The second-order valence-corrected chi connectivity index (χ2v) is 4.85. The first-order valence-electron chi connectivity index (χ1n) is 6.60. The zero-order valence-corrected chi connectivity index (χ0v) is 13.0. The van der Waals surface area contributed by atoms with Crippen LogP contribution in [0, 0.1) is 6.92 Å². The molecule has 2 aromatic rings. The quantitative estimate of drug-likeness (QED) is 0.769. The van der Waals surface area contributed by atoms with Crippen LogP contribution in [0.5, 0.6) is 11.5 Å². The molecular weight excluding hydrogens is 292 g/mol. The molecular formula is C15H17ClN2O3. The number of rotatable bonds is 6. The van der Waals surface area contributed by atoms with Crippen LogP contribution in [0.4, 0.5) is 0 Å². The Hall–Kier alpha value is -2.01. The molecule has 0 N–H and O–H groups in total. The van der Waals surface area contributed by atoms with Crippen molar-refractivity contribution in [2.45, 2.75) is 20.5 Å². The molecule has 1 aromatic heterocycles. The molecule has 21 heavy (non-hydrogen) atoms. The molecule has 0 atom stereocenters. The van der Waals surface area contributed by atoms with Crippen LogP contribution >= 0.6 is 11.6 Å². The fraction of sp³-hybridized carbons (Fsp3) is 0.333. The molecule has 0 fully saturated rings. The van der Waals surface area contributed by atoms with E-state index < -0.39 is 0 Å². The smallest absolute Gasteiger partial charge is 0.172 e. The van der Waals surface area contributed by atoms with Crippen molar-refractivity contribution in [1.82, 2.24) is 9.78 Å². The number of ether oxygens (including phenoxy) is 2. The highest BCUT2D eigenvalue weighted by atomic mass is 35.5. The van der Waals surface area contributed by atoms with Gasteiger partial charge in [-0.1, -0.05) is 17.7 Å². The van der Waals surface area contributed by atoms with Gasteiger partial charge in [0.05, 0.1) is 17.9 Å². The largest absolute Gasteiger partial charge is 0.490 e. The predicted octanol–water partition coefficient (Wildman–Crippen LogP) is 3.17. The summed E-state index contributed by atoms with van der Waals surface area (Å²) >= 11 is 6.17. The average molecular weight is 309 g/mol. The van der Waals surface area contributed by atoms with E-state index in [4.69, 9.17) is 21.1 Å². The van der Waals surface area contributed by atoms with E-state index in [1.165, 1.54) is 0 Å². The molecule has 2 rings (SSSR count). The van der Waals surface area contributed by atoms with Crippen molar-refractivity contribution in [1.29, 1.82) is 0 Å². The monoisotopic (exact) mass is 308 g/mol. The minimum Gasteiger partial charge on any atom is -0.490 e. The van der Waals surface area contributed by atoms with Crippen molar-refractivity contribution in [3.05, 3.63) is 40.2 Å². The Morgan fingerprint density at radius 2 is 2.14 bits per heavy atom. The summed E-state index contributed by atoms with van der Waals surface area (Å²) in [6.45, 7) is 4.45. The Balaban J connectivity index is 2.28.